The maximum atomic E-state index is 15.9. The Morgan fingerprint density at radius 1 is 0.256 bits per heavy atom. The average Bonchev–Trinajstić information content (AvgIpc) is 2.36. The number of ether oxygens (including phenoxy) is 6. The monoisotopic (exact) mass is 1140 g/mol. The Hall–Kier alpha value is -3.42. The fourth-order valence-corrected chi connectivity index (χ4v) is 11.4. The van der Waals surface area contributed by atoms with Crippen molar-refractivity contribution in [2.24, 2.45) is 71.0 Å². The maximum absolute atomic E-state index is 15.9. The molecule has 0 saturated heterocycles. The van der Waals surface area contributed by atoms with E-state index in [4.69, 9.17) is 28.4 Å². The highest BCUT2D eigenvalue weighted by molar-refractivity contribution is 6.31. The van der Waals surface area contributed by atoms with Crippen molar-refractivity contribution in [3.63, 3.8) is 0 Å². The van der Waals surface area contributed by atoms with E-state index in [0.29, 0.717) is 145 Å². The van der Waals surface area contributed by atoms with Gasteiger partial charge in [-0.05, 0) is 122 Å². The average molecular weight is 1150 g/mol. The van der Waals surface area contributed by atoms with E-state index in [0.717, 1.165) is 89.9 Å². The Bertz CT molecular complexity index is 1920. The molecule has 1 aliphatic rings. The molecule has 0 amide bonds. The predicted octanol–water partition coefficient (Wildman–Crippen LogP) is 21.8. The van der Waals surface area contributed by atoms with Crippen LogP contribution in [0.15, 0.2) is 12.1 Å². The summed E-state index contributed by atoms with van der Waals surface area (Å²) >= 11 is 0. The summed E-state index contributed by atoms with van der Waals surface area (Å²) in [5.41, 5.74) is 0.982. The summed E-state index contributed by atoms with van der Waals surface area (Å²) in [6.45, 7) is 43.7. The number of carbonyl (C=O) groups excluding carboxylic acids is 2. The maximum Gasteiger partial charge on any atom is 0.204 e. The van der Waals surface area contributed by atoms with Gasteiger partial charge in [-0.15, -0.1) is 0 Å². The first kappa shape index (κ1) is 72.8. The highest BCUT2D eigenvalue weighted by Gasteiger charge is 2.41. The summed E-state index contributed by atoms with van der Waals surface area (Å²) in [6, 6.07) is 3.57. The zero-order chi connectivity index (χ0) is 60.7. The fourth-order valence-electron chi connectivity index (χ4n) is 11.4. The van der Waals surface area contributed by atoms with E-state index >= 15 is 9.59 Å². The number of ketones is 2. The van der Waals surface area contributed by atoms with Crippen LogP contribution in [0.3, 0.4) is 0 Å². The molecule has 0 bridgehead atoms. The molecular formula is C74H128O8. The molecule has 2 aromatic rings. The predicted molar refractivity (Wildman–Crippen MR) is 348 cm³/mol. The molecule has 2 aromatic carbocycles. The molecule has 6 atom stereocenters. The Labute approximate surface area is 505 Å². The first-order valence-electron chi connectivity index (χ1n) is 34.3. The van der Waals surface area contributed by atoms with Crippen molar-refractivity contribution in [2.45, 2.75) is 279 Å². The first-order valence-corrected chi connectivity index (χ1v) is 34.3. The number of benzene rings is 2. The van der Waals surface area contributed by atoms with Crippen LogP contribution in [0.5, 0.6) is 34.5 Å². The number of fused-ring (bicyclic) bond motifs is 2. The van der Waals surface area contributed by atoms with Gasteiger partial charge in [0.05, 0.1) is 50.8 Å². The fraction of sp³-hybridized carbons (Fsp3) is 0.811. The molecule has 0 aromatic heterocycles. The molecule has 8 heteroatoms. The van der Waals surface area contributed by atoms with E-state index in [1.165, 1.54) is 64.2 Å². The van der Waals surface area contributed by atoms with Crippen LogP contribution in [-0.4, -0.2) is 51.2 Å². The van der Waals surface area contributed by atoms with Gasteiger partial charge in [0.15, 0.2) is 34.6 Å². The minimum absolute atomic E-state index is 0.234. The van der Waals surface area contributed by atoms with Crippen molar-refractivity contribution in [3.8, 4) is 34.5 Å². The van der Waals surface area contributed by atoms with Crippen LogP contribution >= 0.6 is 0 Å². The molecule has 0 heterocycles. The number of rotatable bonds is 48. The van der Waals surface area contributed by atoms with Gasteiger partial charge in [-0.2, -0.15) is 0 Å². The standard InChI is InChI=1S/C74H128O8/c1-51(2)25-19-31-57(13)37-43-77-65-49-63-67(73(81-47-41-61(17)35-23-29-55(9)10)71(65)79-45-39-59(15)33-21-27-53(5)6)70(76)64-50-66(78-44-38-58(14)32-20-26-52(3)4)72(80-46-40-60(16)34-22-28-54(7)8)74(68(64)69(63)75)82-48-42-62(18)36-24-30-56(11)12/h49-62H,19-48H2,1-18H3. The van der Waals surface area contributed by atoms with Crippen molar-refractivity contribution < 1.29 is 38.0 Å². The third kappa shape index (κ3) is 28.2. The van der Waals surface area contributed by atoms with Gasteiger partial charge in [0.1, 0.15) is 0 Å². The molecule has 0 spiro atoms. The third-order valence-corrected chi connectivity index (χ3v) is 17.4. The van der Waals surface area contributed by atoms with Crippen LogP contribution in [0.4, 0.5) is 0 Å². The highest BCUT2D eigenvalue weighted by Crippen LogP contribution is 2.51. The van der Waals surface area contributed by atoms with Crippen molar-refractivity contribution in [1.29, 1.82) is 0 Å². The third-order valence-electron chi connectivity index (χ3n) is 17.4. The van der Waals surface area contributed by atoms with Crippen molar-refractivity contribution in [1.82, 2.24) is 0 Å². The molecule has 8 nitrogen and oxygen atoms in total. The molecule has 0 aliphatic heterocycles. The molecule has 0 saturated carbocycles. The minimum atomic E-state index is -0.300. The van der Waals surface area contributed by atoms with E-state index in [1.807, 2.05) is 0 Å². The topological polar surface area (TPSA) is 89.5 Å². The van der Waals surface area contributed by atoms with Crippen LogP contribution < -0.4 is 28.4 Å². The molecular weight excluding hydrogens is 1020 g/mol. The number of hydrogen-bond donors (Lipinski definition) is 0. The van der Waals surface area contributed by atoms with Gasteiger partial charge in [0.2, 0.25) is 11.5 Å². The molecule has 0 radical (unpaired) electrons. The van der Waals surface area contributed by atoms with Crippen LogP contribution in [0.1, 0.15) is 311 Å². The lowest BCUT2D eigenvalue weighted by atomic mass is 9.82. The number of carbonyl (C=O) groups is 2. The van der Waals surface area contributed by atoms with Gasteiger partial charge >= 0.3 is 0 Å². The van der Waals surface area contributed by atoms with E-state index in [1.54, 1.807) is 12.1 Å². The first-order chi connectivity index (χ1) is 39.0. The summed E-state index contributed by atoms with van der Waals surface area (Å²) in [6.07, 6.45) is 25.9. The second kappa shape index (κ2) is 40.1. The summed E-state index contributed by atoms with van der Waals surface area (Å²) in [5.74, 6) is 8.41. The lowest BCUT2D eigenvalue weighted by Crippen LogP contribution is -2.25. The molecule has 1 aliphatic carbocycles. The molecule has 0 N–H and O–H groups in total. The Morgan fingerprint density at radius 3 is 0.659 bits per heavy atom. The van der Waals surface area contributed by atoms with E-state index < -0.39 is 0 Å². The second-order valence-electron chi connectivity index (χ2n) is 29.0. The number of hydrogen-bond acceptors (Lipinski definition) is 8. The van der Waals surface area contributed by atoms with Crippen LogP contribution in [-0.2, 0) is 0 Å². The van der Waals surface area contributed by atoms with Gasteiger partial charge in [-0.1, -0.05) is 240 Å². The van der Waals surface area contributed by atoms with Crippen LogP contribution in [0.25, 0.3) is 0 Å². The molecule has 6 unspecified atom stereocenters. The normalized spacial score (nSPS) is 14.9. The second-order valence-corrected chi connectivity index (χ2v) is 29.0. The minimum Gasteiger partial charge on any atom is -0.490 e. The summed E-state index contributed by atoms with van der Waals surface area (Å²) in [7, 11) is 0. The van der Waals surface area contributed by atoms with Crippen LogP contribution in [0, 0.1) is 71.0 Å². The van der Waals surface area contributed by atoms with Gasteiger partial charge in [-0.25, -0.2) is 0 Å². The Balaban J connectivity index is 2.31. The van der Waals surface area contributed by atoms with Crippen molar-refractivity contribution >= 4 is 11.6 Å². The smallest absolute Gasteiger partial charge is 0.204 e. The quantitative estimate of drug-likeness (QED) is 0.0552. The zero-order valence-electron chi connectivity index (χ0n) is 56.6. The molecule has 0 fully saturated rings. The van der Waals surface area contributed by atoms with Crippen molar-refractivity contribution in [2.75, 3.05) is 39.6 Å². The Kier molecular flexibility index (Phi) is 35.6. The highest BCUT2D eigenvalue weighted by atomic mass is 16.5. The lowest BCUT2D eigenvalue weighted by molar-refractivity contribution is 0.0967. The molecule has 472 valence electrons. The van der Waals surface area contributed by atoms with E-state index in [2.05, 4.69) is 125 Å². The van der Waals surface area contributed by atoms with Crippen LogP contribution in [0.2, 0.25) is 0 Å². The largest absolute Gasteiger partial charge is 0.490 e. The SMILES string of the molecule is CC(C)CCCC(C)CCOc1cc2c(c(OCCC(C)CCCC(C)C)c1OCCC(C)CCCC(C)C)C(=O)c1cc(OCCC(C)CCCC(C)C)c(OCCC(C)CCCC(C)C)c(OCCC(C)CCCC(C)C)c1C2=O. The summed E-state index contributed by atoms with van der Waals surface area (Å²) in [5, 5.41) is 0. The Morgan fingerprint density at radius 2 is 0.451 bits per heavy atom. The summed E-state index contributed by atoms with van der Waals surface area (Å²) < 4.78 is 41.5. The molecule has 3 rings (SSSR count). The van der Waals surface area contributed by atoms with Gasteiger partial charge in [-0.3, -0.25) is 9.59 Å². The molecule has 82 heavy (non-hydrogen) atoms. The van der Waals surface area contributed by atoms with E-state index in [9.17, 15) is 0 Å². The zero-order valence-corrected chi connectivity index (χ0v) is 56.6. The van der Waals surface area contributed by atoms with Crippen molar-refractivity contribution in [3.05, 3.63) is 34.4 Å². The van der Waals surface area contributed by atoms with E-state index in [-0.39, 0.29) is 33.8 Å². The van der Waals surface area contributed by atoms with Gasteiger partial charge < -0.3 is 28.4 Å². The summed E-state index contributed by atoms with van der Waals surface area (Å²) in [4.78, 5) is 31.9. The lowest BCUT2D eigenvalue weighted by Gasteiger charge is -2.28. The van der Waals surface area contributed by atoms with Gasteiger partial charge in [0, 0.05) is 11.1 Å². The van der Waals surface area contributed by atoms with Gasteiger partial charge in [0.25, 0.3) is 0 Å².